The van der Waals surface area contributed by atoms with E-state index in [2.05, 4.69) is 0 Å². The van der Waals surface area contributed by atoms with Gasteiger partial charge in [-0.05, 0) is 12.1 Å². The van der Waals surface area contributed by atoms with Crippen LogP contribution < -0.4 is 19.7 Å². The van der Waals surface area contributed by atoms with Crippen molar-refractivity contribution in [2.24, 2.45) is 0 Å². The van der Waals surface area contributed by atoms with Gasteiger partial charge < -0.3 is 9.47 Å². The van der Waals surface area contributed by atoms with E-state index in [1.807, 2.05) is 5.32 Å². The third-order valence-corrected chi connectivity index (χ3v) is 2.45. The minimum Gasteiger partial charge on any atom is -0.497 e. The van der Waals surface area contributed by atoms with Gasteiger partial charge in [0.05, 0.1) is 19.9 Å². The molecule has 0 bridgehead atoms. The number of urea groups is 1. The smallest absolute Gasteiger partial charge is 0.336 e. The number of methoxy groups -OCH3 is 2. The molecule has 1 saturated heterocycles. The van der Waals surface area contributed by atoms with Gasteiger partial charge in [0.2, 0.25) is 0 Å². The Morgan fingerprint density at radius 3 is 2.33 bits per heavy atom. The molecule has 0 aromatic heterocycles. The molecule has 1 N–H and O–H groups in total. The second kappa shape index (κ2) is 4.36. The number of amides is 4. The lowest BCUT2D eigenvalue weighted by atomic mass is 10.2. The summed E-state index contributed by atoms with van der Waals surface area (Å²) >= 11 is 0. The van der Waals surface area contributed by atoms with Crippen LogP contribution in [0.3, 0.4) is 0 Å². The molecule has 4 amide bonds. The van der Waals surface area contributed by atoms with Crippen LogP contribution in [0.15, 0.2) is 18.2 Å². The molecule has 1 aliphatic rings. The lowest BCUT2D eigenvalue weighted by molar-refractivity contribution is -0.134. The molecule has 1 fully saturated rings. The summed E-state index contributed by atoms with van der Waals surface area (Å²) in [5, 5.41) is 1.91. The topological polar surface area (TPSA) is 84.9 Å². The van der Waals surface area contributed by atoms with Crippen LogP contribution in [0.1, 0.15) is 0 Å². The van der Waals surface area contributed by atoms with E-state index in [4.69, 9.17) is 9.47 Å². The normalized spacial score (nSPS) is 14.8. The molecule has 0 saturated carbocycles. The number of hydrogen-bond acceptors (Lipinski definition) is 5. The highest BCUT2D eigenvalue weighted by Crippen LogP contribution is 2.33. The number of carbonyl (C=O) groups excluding carboxylic acids is 3. The minimum atomic E-state index is -0.968. The van der Waals surface area contributed by atoms with E-state index < -0.39 is 17.8 Å². The summed E-state index contributed by atoms with van der Waals surface area (Å²) in [7, 11) is 2.84. The Labute approximate surface area is 102 Å². The van der Waals surface area contributed by atoms with E-state index in [9.17, 15) is 14.4 Å². The van der Waals surface area contributed by atoms with Crippen molar-refractivity contribution >= 4 is 23.5 Å². The van der Waals surface area contributed by atoms with Gasteiger partial charge >= 0.3 is 17.8 Å². The molecule has 1 aromatic carbocycles. The zero-order valence-corrected chi connectivity index (χ0v) is 9.72. The largest absolute Gasteiger partial charge is 0.497 e. The monoisotopic (exact) mass is 250 g/mol. The number of benzene rings is 1. The number of nitrogens with one attached hydrogen (secondary N) is 1. The standard InChI is InChI=1S/C11H10N2O5/c1-17-6-3-4-8(18-2)7(5-6)13-10(15)9(14)12-11(13)16/h3-5H,1-2H3,(H,12,14,16). The van der Waals surface area contributed by atoms with E-state index >= 15 is 0 Å². The first-order valence-electron chi connectivity index (χ1n) is 5.00. The van der Waals surface area contributed by atoms with Crippen LogP contribution in [-0.2, 0) is 9.59 Å². The summed E-state index contributed by atoms with van der Waals surface area (Å²) < 4.78 is 10.0. The first-order valence-corrected chi connectivity index (χ1v) is 5.00. The number of nitrogens with zero attached hydrogens (tertiary/aromatic N) is 1. The summed E-state index contributed by atoms with van der Waals surface area (Å²) in [5.74, 6) is -1.20. The van der Waals surface area contributed by atoms with Crippen molar-refractivity contribution in [2.45, 2.75) is 0 Å². The van der Waals surface area contributed by atoms with Crippen LogP contribution in [-0.4, -0.2) is 32.1 Å². The second-order valence-corrected chi connectivity index (χ2v) is 3.44. The highest BCUT2D eigenvalue weighted by atomic mass is 16.5. The maximum Gasteiger partial charge on any atom is 0.336 e. The van der Waals surface area contributed by atoms with Crippen molar-refractivity contribution in [1.29, 1.82) is 0 Å². The number of anilines is 1. The van der Waals surface area contributed by atoms with E-state index in [0.29, 0.717) is 10.6 Å². The average molecular weight is 250 g/mol. The molecule has 7 heteroatoms. The molecule has 18 heavy (non-hydrogen) atoms. The van der Waals surface area contributed by atoms with Gasteiger partial charge in [-0.2, -0.15) is 0 Å². The quantitative estimate of drug-likeness (QED) is 0.615. The Bertz CT molecular complexity index is 540. The van der Waals surface area contributed by atoms with Gasteiger partial charge in [-0.1, -0.05) is 0 Å². The maximum atomic E-state index is 11.6. The van der Waals surface area contributed by atoms with Crippen LogP contribution >= 0.6 is 0 Å². The van der Waals surface area contributed by atoms with Crippen molar-refractivity contribution in [3.05, 3.63) is 18.2 Å². The number of carbonyl (C=O) groups is 3. The van der Waals surface area contributed by atoms with E-state index in [-0.39, 0.29) is 11.4 Å². The Hall–Kier alpha value is -2.57. The fourth-order valence-corrected chi connectivity index (χ4v) is 1.59. The molecule has 94 valence electrons. The summed E-state index contributed by atoms with van der Waals surface area (Å²) in [6.45, 7) is 0. The summed E-state index contributed by atoms with van der Waals surface area (Å²) in [4.78, 5) is 35.0. The first kappa shape index (κ1) is 11.9. The van der Waals surface area contributed by atoms with E-state index in [1.54, 1.807) is 6.07 Å². The van der Waals surface area contributed by atoms with Gasteiger partial charge in [-0.15, -0.1) is 0 Å². The maximum absolute atomic E-state index is 11.6. The van der Waals surface area contributed by atoms with Crippen LogP contribution in [0.2, 0.25) is 0 Å². The fourth-order valence-electron chi connectivity index (χ4n) is 1.59. The highest BCUT2D eigenvalue weighted by Gasteiger charge is 2.39. The molecule has 1 aromatic rings. The molecular formula is C11H10N2O5. The number of rotatable bonds is 3. The minimum absolute atomic E-state index is 0.158. The third-order valence-electron chi connectivity index (χ3n) is 2.45. The second-order valence-electron chi connectivity index (χ2n) is 3.44. The Morgan fingerprint density at radius 2 is 1.83 bits per heavy atom. The van der Waals surface area contributed by atoms with Crippen LogP contribution in [0.25, 0.3) is 0 Å². The van der Waals surface area contributed by atoms with Crippen LogP contribution in [0.4, 0.5) is 10.5 Å². The zero-order valence-electron chi connectivity index (χ0n) is 9.72. The van der Waals surface area contributed by atoms with Crippen molar-refractivity contribution in [3.63, 3.8) is 0 Å². The molecule has 1 aliphatic heterocycles. The lowest BCUT2D eigenvalue weighted by Crippen LogP contribution is -2.31. The summed E-state index contributed by atoms with van der Waals surface area (Å²) in [5.41, 5.74) is 0.158. The van der Waals surface area contributed by atoms with Gasteiger partial charge in [-0.3, -0.25) is 14.9 Å². The van der Waals surface area contributed by atoms with Crippen molar-refractivity contribution in [2.75, 3.05) is 19.1 Å². The van der Waals surface area contributed by atoms with Crippen LogP contribution in [0, 0.1) is 0 Å². The molecule has 7 nitrogen and oxygen atoms in total. The van der Waals surface area contributed by atoms with E-state index in [0.717, 1.165) is 0 Å². The fraction of sp³-hybridized carbons (Fsp3) is 0.182. The van der Waals surface area contributed by atoms with Crippen molar-refractivity contribution in [1.82, 2.24) is 5.32 Å². The first-order chi connectivity index (χ1) is 8.58. The average Bonchev–Trinajstić information content (AvgIpc) is 2.62. The number of imide groups is 2. The Morgan fingerprint density at radius 1 is 1.11 bits per heavy atom. The number of ether oxygens (including phenoxy) is 2. The van der Waals surface area contributed by atoms with E-state index in [1.165, 1.54) is 26.4 Å². The molecule has 0 spiro atoms. The summed E-state index contributed by atoms with van der Waals surface area (Å²) in [6, 6.07) is 3.78. The van der Waals surface area contributed by atoms with Crippen molar-refractivity contribution in [3.8, 4) is 11.5 Å². The number of hydrogen-bond donors (Lipinski definition) is 1. The predicted octanol–water partition coefficient (Wildman–Crippen LogP) is 0.287. The van der Waals surface area contributed by atoms with Gasteiger partial charge in [-0.25, -0.2) is 9.69 Å². The molecule has 0 radical (unpaired) electrons. The molecule has 2 rings (SSSR count). The zero-order chi connectivity index (χ0) is 13.3. The van der Waals surface area contributed by atoms with Gasteiger partial charge in [0, 0.05) is 6.07 Å². The molecular weight excluding hydrogens is 240 g/mol. The van der Waals surface area contributed by atoms with Gasteiger partial charge in [0.25, 0.3) is 0 Å². The van der Waals surface area contributed by atoms with Gasteiger partial charge in [0.1, 0.15) is 11.5 Å². The van der Waals surface area contributed by atoms with Crippen molar-refractivity contribution < 1.29 is 23.9 Å². The highest BCUT2D eigenvalue weighted by molar-refractivity contribution is 6.53. The third kappa shape index (κ3) is 1.75. The summed E-state index contributed by atoms with van der Waals surface area (Å²) in [6.07, 6.45) is 0. The molecule has 1 heterocycles. The molecule has 0 atom stereocenters. The van der Waals surface area contributed by atoms with Gasteiger partial charge in [0.15, 0.2) is 0 Å². The SMILES string of the molecule is COc1ccc(OC)c(N2C(=O)NC(=O)C2=O)c1. The van der Waals surface area contributed by atoms with Crippen LogP contribution in [0.5, 0.6) is 11.5 Å². The predicted molar refractivity (Wildman–Crippen MR) is 60.6 cm³/mol. The molecule has 0 unspecified atom stereocenters. The molecule has 0 aliphatic carbocycles. The Balaban J connectivity index is 2.52. The Kier molecular flexibility index (Phi) is 2.88. The lowest BCUT2D eigenvalue weighted by Gasteiger charge is -2.16.